The van der Waals surface area contributed by atoms with E-state index < -0.39 is 20.2 Å². The van der Waals surface area contributed by atoms with Gasteiger partial charge in [0, 0.05) is 33.7 Å². The fourth-order valence-corrected chi connectivity index (χ4v) is 5.41. The van der Waals surface area contributed by atoms with E-state index in [0.717, 1.165) is 0 Å². The molecule has 0 amide bonds. The number of aryl methyl sites for hydroxylation is 1. The Labute approximate surface area is 156 Å². The average molecular weight is 406 g/mol. The summed E-state index contributed by atoms with van der Waals surface area (Å²) in [6.45, 7) is 2.81. The van der Waals surface area contributed by atoms with E-state index in [0.29, 0.717) is 43.8 Å². The molecular formula is C16H27N3O5S2. The van der Waals surface area contributed by atoms with Crippen molar-refractivity contribution in [3.8, 4) is 5.75 Å². The van der Waals surface area contributed by atoms with E-state index in [-0.39, 0.29) is 10.8 Å². The van der Waals surface area contributed by atoms with Crippen LogP contribution in [0.15, 0.2) is 23.1 Å². The Morgan fingerprint density at radius 2 is 1.81 bits per heavy atom. The number of nitrogens with zero attached hydrogens (tertiary/aromatic N) is 2. The summed E-state index contributed by atoms with van der Waals surface area (Å²) in [6, 6.07) is 4.83. The SMILES string of the molecule is COc1ccc(S(=O)(=O)NCC2CCN(S(=O)(=O)N(C)C)CC2)c(C)c1. The van der Waals surface area contributed by atoms with Crippen LogP contribution in [0.3, 0.4) is 0 Å². The van der Waals surface area contributed by atoms with Crippen molar-refractivity contribution in [1.82, 2.24) is 13.3 Å². The van der Waals surface area contributed by atoms with Crippen LogP contribution in [-0.2, 0) is 20.2 Å². The number of piperidine rings is 1. The highest BCUT2D eigenvalue weighted by molar-refractivity contribution is 7.89. The van der Waals surface area contributed by atoms with E-state index in [1.807, 2.05) is 0 Å². The lowest BCUT2D eigenvalue weighted by Crippen LogP contribution is -2.45. The lowest BCUT2D eigenvalue weighted by molar-refractivity contribution is 0.263. The normalized spacial score (nSPS) is 17.6. The lowest BCUT2D eigenvalue weighted by Gasteiger charge is -2.32. The molecule has 148 valence electrons. The Balaban J connectivity index is 1.95. The maximum Gasteiger partial charge on any atom is 0.281 e. The van der Waals surface area contributed by atoms with Crippen LogP contribution >= 0.6 is 0 Å². The van der Waals surface area contributed by atoms with E-state index in [1.54, 1.807) is 19.1 Å². The predicted molar refractivity (Wildman–Crippen MR) is 99.8 cm³/mol. The highest BCUT2D eigenvalue weighted by Gasteiger charge is 2.30. The molecule has 0 unspecified atom stereocenters. The molecule has 1 N–H and O–H groups in total. The van der Waals surface area contributed by atoms with Crippen LogP contribution < -0.4 is 9.46 Å². The first-order valence-corrected chi connectivity index (χ1v) is 11.3. The van der Waals surface area contributed by atoms with Crippen LogP contribution in [0.5, 0.6) is 5.75 Å². The van der Waals surface area contributed by atoms with Crippen LogP contribution in [0.2, 0.25) is 0 Å². The number of rotatable bonds is 7. The summed E-state index contributed by atoms with van der Waals surface area (Å²) < 4.78 is 59.7. The molecule has 0 radical (unpaired) electrons. The zero-order chi connectivity index (χ0) is 19.5. The standard InChI is InChI=1S/C16H27N3O5S2/c1-13-11-15(24-4)5-6-16(13)25(20,21)17-12-14-7-9-19(10-8-14)26(22,23)18(2)3/h5-6,11,14,17H,7-10,12H2,1-4H3. The molecular weight excluding hydrogens is 378 g/mol. The van der Waals surface area contributed by atoms with Gasteiger partial charge in [-0.3, -0.25) is 0 Å². The van der Waals surface area contributed by atoms with E-state index in [9.17, 15) is 16.8 Å². The second-order valence-corrected chi connectivity index (χ2v) is 10.5. The molecule has 1 saturated heterocycles. The van der Waals surface area contributed by atoms with Crippen molar-refractivity contribution >= 4 is 20.2 Å². The minimum Gasteiger partial charge on any atom is -0.497 e. The van der Waals surface area contributed by atoms with Crippen molar-refractivity contribution < 1.29 is 21.6 Å². The van der Waals surface area contributed by atoms with Crippen molar-refractivity contribution in [2.45, 2.75) is 24.7 Å². The quantitative estimate of drug-likeness (QED) is 0.724. The Morgan fingerprint density at radius 1 is 1.19 bits per heavy atom. The fourth-order valence-electron chi connectivity index (χ4n) is 2.93. The van der Waals surface area contributed by atoms with Gasteiger partial charge >= 0.3 is 0 Å². The number of sulfonamides is 1. The molecule has 1 aliphatic rings. The average Bonchev–Trinajstić information content (AvgIpc) is 2.59. The second-order valence-electron chi connectivity index (χ2n) is 6.62. The molecule has 10 heteroatoms. The largest absolute Gasteiger partial charge is 0.497 e. The number of hydrogen-bond donors (Lipinski definition) is 1. The predicted octanol–water partition coefficient (Wildman–Crippen LogP) is 0.800. The number of nitrogens with one attached hydrogen (secondary N) is 1. The number of methoxy groups -OCH3 is 1. The summed E-state index contributed by atoms with van der Waals surface area (Å²) in [7, 11) is -2.48. The molecule has 1 aromatic rings. The minimum absolute atomic E-state index is 0.108. The van der Waals surface area contributed by atoms with E-state index >= 15 is 0 Å². The minimum atomic E-state index is -3.62. The summed E-state index contributed by atoms with van der Waals surface area (Å²) in [6.07, 6.45) is 1.24. The van der Waals surface area contributed by atoms with Gasteiger partial charge in [-0.1, -0.05) is 0 Å². The molecule has 1 aliphatic heterocycles. The van der Waals surface area contributed by atoms with Gasteiger partial charge in [0.25, 0.3) is 10.2 Å². The molecule has 2 rings (SSSR count). The number of ether oxygens (including phenoxy) is 1. The number of hydrogen-bond acceptors (Lipinski definition) is 5. The topological polar surface area (TPSA) is 96.0 Å². The van der Waals surface area contributed by atoms with Crippen molar-refractivity contribution in [3.63, 3.8) is 0 Å². The molecule has 1 fully saturated rings. The molecule has 0 aliphatic carbocycles. The van der Waals surface area contributed by atoms with Gasteiger partial charge in [0.2, 0.25) is 10.0 Å². The van der Waals surface area contributed by atoms with Crippen molar-refractivity contribution in [2.24, 2.45) is 5.92 Å². The van der Waals surface area contributed by atoms with Crippen LogP contribution in [0, 0.1) is 12.8 Å². The van der Waals surface area contributed by atoms with Gasteiger partial charge in [-0.25, -0.2) is 13.1 Å². The maximum absolute atomic E-state index is 12.5. The molecule has 1 heterocycles. The smallest absolute Gasteiger partial charge is 0.281 e. The first-order valence-electron chi connectivity index (χ1n) is 8.40. The molecule has 0 bridgehead atoms. The molecule has 1 aromatic carbocycles. The highest BCUT2D eigenvalue weighted by Crippen LogP contribution is 2.23. The van der Waals surface area contributed by atoms with E-state index in [4.69, 9.17) is 4.74 Å². The third-order valence-electron chi connectivity index (χ3n) is 4.59. The highest BCUT2D eigenvalue weighted by atomic mass is 32.2. The summed E-state index contributed by atoms with van der Waals surface area (Å²) in [5.74, 6) is 0.716. The van der Waals surface area contributed by atoms with Crippen molar-refractivity contribution in [2.75, 3.05) is 40.8 Å². The van der Waals surface area contributed by atoms with Gasteiger partial charge in [0.05, 0.1) is 12.0 Å². The van der Waals surface area contributed by atoms with Gasteiger partial charge in [-0.05, 0) is 49.4 Å². The first-order chi connectivity index (χ1) is 12.1. The van der Waals surface area contributed by atoms with Gasteiger partial charge in [-0.2, -0.15) is 17.0 Å². The summed E-state index contributed by atoms with van der Waals surface area (Å²) >= 11 is 0. The van der Waals surface area contributed by atoms with Crippen LogP contribution in [0.4, 0.5) is 0 Å². The van der Waals surface area contributed by atoms with Gasteiger partial charge in [-0.15, -0.1) is 0 Å². The summed E-state index contributed by atoms with van der Waals surface area (Å²) in [5.41, 5.74) is 0.615. The monoisotopic (exact) mass is 405 g/mol. The maximum atomic E-state index is 12.5. The van der Waals surface area contributed by atoms with E-state index in [2.05, 4.69) is 4.72 Å². The molecule has 26 heavy (non-hydrogen) atoms. The van der Waals surface area contributed by atoms with Crippen LogP contribution in [0.25, 0.3) is 0 Å². The zero-order valence-corrected chi connectivity index (χ0v) is 17.2. The number of benzene rings is 1. The van der Waals surface area contributed by atoms with Crippen molar-refractivity contribution in [1.29, 1.82) is 0 Å². The van der Waals surface area contributed by atoms with Gasteiger partial charge < -0.3 is 4.74 Å². The Hall–Kier alpha value is -1.20. The Morgan fingerprint density at radius 3 is 2.31 bits per heavy atom. The van der Waals surface area contributed by atoms with Gasteiger partial charge in [0.15, 0.2) is 0 Å². The second kappa shape index (κ2) is 8.22. The fraction of sp³-hybridized carbons (Fsp3) is 0.625. The zero-order valence-electron chi connectivity index (χ0n) is 15.6. The van der Waals surface area contributed by atoms with Crippen LogP contribution in [0.1, 0.15) is 18.4 Å². The molecule has 0 aromatic heterocycles. The summed E-state index contributed by atoms with van der Waals surface area (Å²) in [5, 5.41) is 0. The van der Waals surface area contributed by atoms with Crippen molar-refractivity contribution in [3.05, 3.63) is 23.8 Å². The van der Waals surface area contributed by atoms with E-state index in [1.165, 1.54) is 35.9 Å². The summed E-state index contributed by atoms with van der Waals surface area (Å²) in [4.78, 5) is 0.228. The molecule has 0 saturated carbocycles. The first kappa shape index (κ1) is 21.1. The Bertz CT molecular complexity index is 829. The third-order valence-corrected chi connectivity index (χ3v) is 8.12. The van der Waals surface area contributed by atoms with Crippen LogP contribution in [-0.4, -0.2) is 66.3 Å². The molecule has 0 spiro atoms. The van der Waals surface area contributed by atoms with Gasteiger partial charge in [0.1, 0.15) is 5.75 Å². The molecule has 8 nitrogen and oxygen atoms in total. The molecule has 0 atom stereocenters. The lowest BCUT2D eigenvalue weighted by atomic mass is 9.99. The third kappa shape index (κ3) is 4.74. The Kier molecular flexibility index (Phi) is 6.67.